The summed E-state index contributed by atoms with van der Waals surface area (Å²) in [5.41, 5.74) is 6.01. The standard InChI is InChI=1S/C34H45NO9/c1-22(36)19-27-30(40)21-34(33(42)43-2,20-26(37)11-7-4-8-18-35)44-32(27)31(41)29(39)17-16-28(38)25-14-12-24(13-15-25)23-9-5-3-6-10-23/h3,5-6,9-10,12-15,27,29-32,39-41H,4,7-8,11,16-21,35H2,1-2H3/t27?,29-,30?,31+,32?,34?/m1/s1. The highest BCUT2D eigenvalue weighted by atomic mass is 16.6. The molecule has 5 N–H and O–H groups in total. The third-order valence-electron chi connectivity index (χ3n) is 8.25. The van der Waals surface area contributed by atoms with Crippen LogP contribution in [0.15, 0.2) is 54.6 Å². The van der Waals surface area contributed by atoms with Gasteiger partial charge in [-0.1, -0.05) is 61.0 Å². The molecular weight excluding hydrogens is 566 g/mol. The van der Waals surface area contributed by atoms with E-state index in [1.807, 2.05) is 42.5 Å². The lowest BCUT2D eigenvalue weighted by molar-refractivity contribution is -0.241. The Morgan fingerprint density at radius 1 is 0.977 bits per heavy atom. The average Bonchev–Trinajstić information content (AvgIpc) is 3.02. The molecule has 44 heavy (non-hydrogen) atoms. The summed E-state index contributed by atoms with van der Waals surface area (Å²) < 4.78 is 11.1. The Bertz CT molecular complexity index is 1250. The minimum Gasteiger partial charge on any atom is -0.467 e. The maximum absolute atomic E-state index is 13.0. The van der Waals surface area contributed by atoms with Crippen molar-refractivity contribution in [2.75, 3.05) is 13.7 Å². The summed E-state index contributed by atoms with van der Waals surface area (Å²) in [4.78, 5) is 50.9. The second-order valence-electron chi connectivity index (χ2n) is 11.7. The molecule has 0 radical (unpaired) electrons. The van der Waals surface area contributed by atoms with Gasteiger partial charge in [-0.15, -0.1) is 0 Å². The summed E-state index contributed by atoms with van der Waals surface area (Å²) in [6, 6.07) is 16.8. The number of carbonyl (C=O) groups excluding carboxylic acids is 4. The minimum atomic E-state index is -1.91. The van der Waals surface area contributed by atoms with Crippen LogP contribution in [0, 0.1) is 5.92 Å². The predicted octanol–water partition coefficient (Wildman–Crippen LogP) is 3.17. The van der Waals surface area contributed by atoms with Gasteiger partial charge in [-0.2, -0.15) is 0 Å². The number of benzene rings is 2. The molecule has 6 atom stereocenters. The molecule has 0 aliphatic carbocycles. The summed E-state index contributed by atoms with van der Waals surface area (Å²) >= 11 is 0. The summed E-state index contributed by atoms with van der Waals surface area (Å²) in [5.74, 6) is -2.68. The van der Waals surface area contributed by atoms with Crippen LogP contribution >= 0.6 is 0 Å². The molecule has 10 heteroatoms. The van der Waals surface area contributed by atoms with E-state index in [2.05, 4.69) is 0 Å². The summed E-state index contributed by atoms with van der Waals surface area (Å²) in [5, 5.41) is 33.3. The lowest BCUT2D eigenvalue weighted by Crippen LogP contribution is -2.61. The van der Waals surface area contributed by atoms with Crippen molar-refractivity contribution in [2.45, 2.75) is 94.7 Å². The Kier molecular flexibility index (Phi) is 13.4. The molecule has 2 aromatic rings. The average molecular weight is 612 g/mol. The van der Waals surface area contributed by atoms with Crippen LogP contribution in [0.2, 0.25) is 0 Å². The van der Waals surface area contributed by atoms with E-state index in [-0.39, 0.29) is 49.5 Å². The van der Waals surface area contributed by atoms with Gasteiger partial charge in [0.2, 0.25) is 0 Å². The fourth-order valence-electron chi connectivity index (χ4n) is 5.86. The number of ether oxygens (including phenoxy) is 2. The monoisotopic (exact) mass is 611 g/mol. The summed E-state index contributed by atoms with van der Waals surface area (Å²) in [6.45, 7) is 1.82. The van der Waals surface area contributed by atoms with Gasteiger partial charge in [0.25, 0.3) is 0 Å². The van der Waals surface area contributed by atoms with Crippen molar-refractivity contribution in [3.05, 3.63) is 60.2 Å². The SMILES string of the molecule is COC(=O)C1(CC(=O)CCCCCN)CC(O)C(CC(C)=O)C([C@@H](O)[C@H](O)CCC(=O)c2ccc(-c3ccccc3)cc2)O1. The molecule has 2 aromatic carbocycles. The Morgan fingerprint density at radius 2 is 1.64 bits per heavy atom. The number of esters is 1. The van der Waals surface area contributed by atoms with Gasteiger partial charge in [0, 0.05) is 43.6 Å². The second-order valence-corrected chi connectivity index (χ2v) is 11.7. The number of nitrogens with two attached hydrogens (primary N) is 1. The molecule has 10 nitrogen and oxygen atoms in total. The highest BCUT2D eigenvalue weighted by molar-refractivity contribution is 5.96. The first-order valence-corrected chi connectivity index (χ1v) is 15.2. The molecule has 1 aliphatic rings. The van der Waals surface area contributed by atoms with E-state index in [9.17, 15) is 34.5 Å². The molecule has 1 heterocycles. The maximum atomic E-state index is 13.0. The molecule has 1 aliphatic heterocycles. The van der Waals surface area contributed by atoms with Gasteiger partial charge in [-0.25, -0.2) is 4.79 Å². The number of methoxy groups -OCH3 is 1. The molecule has 0 spiro atoms. The molecule has 1 saturated heterocycles. The van der Waals surface area contributed by atoms with Crippen molar-refractivity contribution in [3.63, 3.8) is 0 Å². The normalized spacial score (nSPS) is 23.0. The lowest BCUT2D eigenvalue weighted by Gasteiger charge is -2.47. The third-order valence-corrected chi connectivity index (χ3v) is 8.25. The Hall–Kier alpha value is -3.28. The van der Waals surface area contributed by atoms with Crippen molar-refractivity contribution in [3.8, 4) is 11.1 Å². The summed E-state index contributed by atoms with van der Waals surface area (Å²) in [7, 11) is 1.13. The van der Waals surface area contributed by atoms with Crippen molar-refractivity contribution >= 4 is 23.3 Å². The topological polar surface area (TPSA) is 173 Å². The van der Waals surface area contributed by atoms with Crippen LogP contribution in [-0.4, -0.2) is 82.3 Å². The number of hydrogen-bond acceptors (Lipinski definition) is 10. The van der Waals surface area contributed by atoms with Crippen LogP contribution in [0.25, 0.3) is 11.1 Å². The van der Waals surface area contributed by atoms with E-state index in [0.717, 1.165) is 31.1 Å². The van der Waals surface area contributed by atoms with Crippen molar-refractivity contribution < 1.29 is 44.0 Å². The van der Waals surface area contributed by atoms with Crippen LogP contribution < -0.4 is 5.73 Å². The smallest absolute Gasteiger partial charge is 0.338 e. The highest BCUT2D eigenvalue weighted by Gasteiger charge is 2.55. The summed E-state index contributed by atoms with van der Waals surface area (Å²) in [6.07, 6.45) is -4.79. The zero-order valence-corrected chi connectivity index (χ0v) is 25.5. The first-order valence-electron chi connectivity index (χ1n) is 15.2. The zero-order valence-electron chi connectivity index (χ0n) is 25.5. The van der Waals surface area contributed by atoms with E-state index in [1.54, 1.807) is 12.1 Å². The molecule has 240 valence electrons. The quantitative estimate of drug-likeness (QED) is 0.118. The number of hydrogen-bond donors (Lipinski definition) is 4. The van der Waals surface area contributed by atoms with Crippen LogP contribution in [0.1, 0.15) is 75.1 Å². The highest BCUT2D eigenvalue weighted by Crippen LogP contribution is 2.40. The fraction of sp³-hybridized carbons (Fsp3) is 0.529. The van der Waals surface area contributed by atoms with Crippen molar-refractivity contribution in [1.82, 2.24) is 0 Å². The van der Waals surface area contributed by atoms with Crippen LogP contribution in [0.5, 0.6) is 0 Å². The molecule has 0 aromatic heterocycles. The number of aliphatic hydroxyl groups excluding tert-OH is 3. The fourth-order valence-corrected chi connectivity index (χ4v) is 5.86. The van der Waals surface area contributed by atoms with Crippen molar-refractivity contribution in [1.29, 1.82) is 0 Å². The number of rotatable bonds is 17. The van der Waals surface area contributed by atoms with Gasteiger partial charge < -0.3 is 35.3 Å². The first kappa shape index (κ1) is 35.2. The number of unbranched alkanes of at least 4 members (excludes halogenated alkanes) is 2. The van der Waals surface area contributed by atoms with E-state index >= 15 is 0 Å². The second kappa shape index (κ2) is 16.7. The Morgan fingerprint density at radius 3 is 2.25 bits per heavy atom. The van der Waals surface area contributed by atoms with Crippen LogP contribution in [0.4, 0.5) is 0 Å². The molecule has 0 bridgehead atoms. The van der Waals surface area contributed by atoms with E-state index < -0.39 is 48.3 Å². The largest absolute Gasteiger partial charge is 0.467 e. The number of aliphatic hydroxyl groups is 3. The van der Waals surface area contributed by atoms with E-state index in [1.165, 1.54) is 6.92 Å². The third kappa shape index (κ3) is 9.36. The number of carbonyl (C=O) groups is 4. The predicted molar refractivity (Wildman–Crippen MR) is 164 cm³/mol. The molecule has 4 unspecified atom stereocenters. The van der Waals surface area contributed by atoms with Gasteiger partial charge in [0.15, 0.2) is 11.4 Å². The number of ketones is 3. The van der Waals surface area contributed by atoms with Gasteiger partial charge >= 0.3 is 5.97 Å². The Balaban J connectivity index is 1.73. The van der Waals surface area contributed by atoms with Gasteiger partial charge in [0.1, 0.15) is 17.7 Å². The molecule has 0 saturated carbocycles. The molecule has 1 fully saturated rings. The van der Waals surface area contributed by atoms with Crippen molar-refractivity contribution in [2.24, 2.45) is 11.7 Å². The van der Waals surface area contributed by atoms with Gasteiger partial charge in [-0.3, -0.25) is 9.59 Å². The molecule has 3 rings (SSSR count). The number of Topliss-reactive ketones (excluding diaryl/α,β-unsaturated/α-hetero) is 3. The maximum Gasteiger partial charge on any atom is 0.338 e. The lowest BCUT2D eigenvalue weighted by atomic mass is 9.75. The van der Waals surface area contributed by atoms with Crippen LogP contribution in [0.3, 0.4) is 0 Å². The zero-order chi connectivity index (χ0) is 32.3. The first-order chi connectivity index (χ1) is 21.0. The molecular formula is C34H45NO9. The van der Waals surface area contributed by atoms with Gasteiger partial charge in [0.05, 0.1) is 25.4 Å². The Labute approximate surface area is 258 Å². The van der Waals surface area contributed by atoms with E-state index in [4.69, 9.17) is 15.2 Å². The van der Waals surface area contributed by atoms with Crippen LogP contribution in [-0.2, 0) is 23.9 Å². The molecule has 0 amide bonds. The van der Waals surface area contributed by atoms with Gasteiger partial charge in [-0.05, 0) is 43.9 Å². The minimum absolute atomic E-state index is 0.0982. The van der Waals surface area contributed by atoms with E-state index in [0.29, 0.717) is 18.5 Å².